The van der Waals surface area contributed by atoms with Crippen molar-refractivity contribution in [2.24, 2.45) is 0 Å². The first-order valence-electron chi connectivity index (χ1n) is 7.50. The first-order chi connectivity index (χ1) is 10.8. The number of carbonyl (C=O) groups is 2. The van der Waals surface area contributed by atoms with Gasteiger partial charge in [0.05, 0.1) is 12.1 Å². The number of ether oxygens (including phenoxy) is 2. The highest BCUT2D eigenvalue weighted by Crippen LogP contribution is 2.23. The second-order valence-electron chi connectivity index (χ2n) is 6.04. The van der Waals surface area contributed by atoms with Gasteiger partial charge in [0.15, 0.2) is 0 Å². The summed E-state index contributed by atoms with van der Waals surface area (Å²) in [6.45, 7) is 7.53. The molecule has 0 radical (unpaired) electrons. The Morgan fingerprint density at radius 2 is 1.91 bits per heavy atom. The number of benzene rings is 1. The standard InChI is InChI=1S/C18H21NO4/c1-5-22-16(20)11-10-13-12-19(17(21)23-18(2,3)4)15-9-7-6-8-14(13)15/h6-12H,5H2,1-4H3/b11-10+. The fourth-order valence-corrected chi connectivity index (χ4v) is 2.15. The van der Waals surface area contributed by atoms with Crippen molar-refractivity contribution in [3.05, 3.63) is 42.1 Å². The molecular weight excluding hydrogens is 294 g/mol. The van der Waals surface area contributed by atoms with Crippen molar-refractivity contribution in [3.63, 3.8) is 0 Å². The van der Waals surface area contributed by atoms with Gasteiger partial charge < -0.3 is 9.47 Å². The van der Waals surface area contributed by atoms with Crippen LogP contribution in [0.5, 0.6) is 0 Å². The van der Waals surface area contributed by atoms with Crippen LogP contribution in [0, 0.1) is 0 Å². The van der Waals surface area contributed by atoms with E-state index in [9.17, 15) is 9.59 Å². The zero-order chi connectivity index (χ0) is 17.0. The third-order valence-corrected chi connectivity index (χ3v) is 3.02. The highest BCUT2D eigenvalue weighted by molar-refractivity contribution is 5.98. The zero-order valence-electron chi connectivity index (χ0n) is 13.8. The van der Waals surface area contributed by atoms with Gasteiger partial charge in [-0.05, 0) is 39.8 Å². The number of esters is 1. The first kappa shape index (κ1) is 16.8. The normalized spacial score (nSPS) is 11.8. The van der Waals surface area contributed by atoms with Crippen molar-refractivity contribution in [1.29, 1.82) is 0 Å². The second kappa shape index (κ2) is 6.69. The molecule has 0 aliphatic carbocycles. The molecule has 122 valence electrons. The number of para-hydroxylation sites is 1. The van der Waals surface area contributed by atoms with Gasteiger partial charge in [-0.3, -0.25) is 4.57 Å². The average molecular weight is 315 g/mol. The van der Waals surface area contributed by atoms with Gasteiger partial charge in [-0.2, -0.15) is 0 Å². The van der Waals surface area contributed by atoms with E-state index in [4.69, 9.17) is 9.47 Å². The van der Waals surface area contributed by atoms with Crippen molar-refractivity contribution >= 4 is 29.0 Å². The van der Waals surface area contributed by atoms with Crippen LogP contribution in [-0.2, 0) is 14.3 Å². The van der Waals surface area contributed by atoms with Crippen molar-refractivity contribution in [2.45, 2.75) is 33.3 Å². The smallest absolute Gasteiger partial charge is 0.419 e. The number of hydrogen-bond donors (Lipinski definition) is 0. The van der Waals surface area contributed by atoms with Crippen LogP contribution in [0.15, 0.2) is 36.5 Å². The Kier molecular flexibility index (Phi) is 4.89. The van der Waals surface area contributed by atoms with Gasteiger partial charge in [0.2, 0.25) is 0 Å². The zero-order valence-corrected chi connectivity index (χ0v) is 13.8. The third kappa shape index (κ3) is 4.22. The quantitative estimate of drug-likeness (QED) is 0.634. The molecule has 0 saturated heterocycles. The molecule has 5 nitrogen and oxygen atoms in total. The van der Waals surface area contributed by atoms with E-state index in [1.165, 1.54) is 10.6 Å². The fourth-order valence-electron chi connectivity index (χ4n) is 2.15. The Morgan fingerprint density at radius 1 is 1.22 bits per heavy atom. The molecule has 2 rings (SSSR count). The maximum Gasteiger partial charge on any atom is 0.419 e. The Morgan fingerprint density at radius 3 is 2.57 bits per heavy atom. The third-order valence-electron chi connectivity index (χ3n) is 3.02. The lowest BCUT2D eigenvalue weighted by Crippen LogP contribution is -2.26. The predicted octanol–water partition coefficient (Wildman–Crippen LogP) is 4.00. The molecule has 5 heteroatoms. The Hall–Kier alpha value is -2.56. The molecule has 0 fully saturated rings. The molecule has 0 saturated carbocycles. The number of carbonyl (C=O) groups excluding carboxylic acids is 2. The number of fused-ring (bicyclic) bond motifs is 1. The fraction of sp³-hybridized carbons (Fsp3) is 0.333. The van der Waals surface area contributed by atoms with Gasteiger partial charge in [0.1, 0.15) is 5.60 Å². The number of rotatable bonds is 3. The minimum atomic E-state index is -0.580. The highest BCUT2D eigenvalue weighted by Gasteiger charge is 2.20. The molecule has 1 aromatic heterocycles. The van der Waals surface area contributed by atoms with E-state index < -0.39 is 17.7 Å². The van der Waals surface area contributed by atoms with E-state index in [1.807, 2.05) is 45.0 Å². The molecule has 0 N–H and O–H groups in total. The predicted molar refractivity (Wildman–Crippen MR) is 89.2 cm³/mol. The lowest BCUT2D eigenvalue weighted by molar-refractivity contribution is -0.137. The van der Waals surface area contributed by atoms with Crippen LogP contribution >= 0.6 is 0 Å². The van der Waals surface area contributed by atoms with E-state index in [0.29, 0.717) is 6.61 Å². The summed E-state index contributed by atoms with van der Waals surface area (Å²) >= 11 is 0. The van der Waals surface area contributed by atoms with Gasteiger partial charge in [0.25, 0.3) is 0 Å². The van der Waals surface area contributed by atoms with Crippen LogP contribution in [0.2, 0.25) is 0 Å². The van der Waals surface area contributed by atoms with Gasteiger partial charge in [0, 0.05) is 23.2 Å². The molecule has 2 aromatic rings. The SMILES string of the molecule is CCOC(=O)/C=C/c1cn(C(=O)OC(C)(C)C)c2ccccc12. The summed E-state index contributed by atoms with van der Waals surface area (Å²) in [7, 11) is 0. The van der Waals surface area contributed by atoms with Gasteiger partial charge >= 0.3 is 12.1 Å². The molecule has 0 aliphatic heterocycles. The van der Waals surface area contributed by atoms with E-state index in [0.717, 1.165) is 16.5 Å². The van der Waals surface area contributed by atoms with E-state index in [-0.39, 0.29) is 0 Å². The Bertz CT molecular complexity index is 750. The maximum absolute atomic E-state index is 12.4. The minimum Gasteiger partial charge on any atom is -0.463 e. The van der Waals surface area contributed by atoms with Crippen LogP contribution in [0.4, 0.5) is 4.79 Å². The molecule has 1 heterocycles. The summed E-state index contributed by atoms with van der Waals surface area (Å²) in [5, 5.41) is 0.860. The van der Waals surface area contributed by atoms with Crippen LogP contribution in [0.25, 0.3) is 17.0 Å². The van der Waals surface area contributed by atoms with Crippen molar-refractivity contribution in [2.75, 3.05) is 6.61 Å². The van der Waals surface area contributed by atoms with Gasteiger partial charge in [-0.1, -0.05) is 18.2 Å². The molecule has 23 heavy (non-hydrogen) atoms. The number of nitrogens with zero attached hydrogens (tertiary/aromatic N) is 1. The lowest BCUT2D eigenvalue weighted by Gasteiger charge is -2.19. The van der Waals surface area contributed by atoms with Crippen LogP contribution in [0.3, 0.4) is 0 Å². The summed E-state index contributed by atoms with van der Waals surface area (Å²) in [4.78, 5) is 23.8. The molecule has 0 atom stereocenters. The topological polar surface area (TPSA) is 57.5 Å². The van der Waals surface area contributed by atoms with E-state index in [2.05, 4.69) is 0 Å². The highest BCUT2D eigenvalue weighted by atomic mass is 16.6. The number of aromatic nitrogens is 1. The molecule has 1 aromatic carbocycles. The number of hydrogen-bond acceptors (Lipinski definition) is 4. The minimum absolute atomic E-state index is 0.322. The van der Waals surface area contributed by atoms with Crippen molar-refractivity contribution in [3.8, 4) is 0 Å². The van der Waals surface area contributed by atoms with Crippen molar-refractivity contribution < 1.29 is 19.1 Å². The molecule has 0 amide bonds. The molecule has 0 aliphatic rings. The Balaban J connectivity index is 2.40. The molecule has 0 spiro atoms. The Labute approximate surface area is 135 Å². The van der Waals surface area contributed by atoms with E-state index >= 15 is 0 Å². The van der Waals surface area contributed by atoms with Gasteiger partial charge in [-0.25, -0.2) is 9.59 Å². The summed E-state index contributed by atoms with van der Waals surface area (Å²) in [5.41, 5.74) is 0.897. The summed E-state index contributed by atoms with van der Waals surface area (Å²) < 4.78 is 11.7. The van der Waals surface area contributed by atoms with Crippen LogP contribution < -0.4 is 0 Å². The average Bonchev–Trinajstić information content (AvgIpc) is 2.83. The van der Waals surface area contributed by atoms with Crippen LogP contribution in [-0.4, -0.2) is 28.8 Å². The maximum atomic E-state index is 12.4. The first-order valence-corrected chi connectivity index (χ1v) is 7.50. The van der Waals surface area contributed by atoms with Crippen molar-refractivity contribution in [1.82, 2.24) is 4.57 Å². The summed E-state index contributed by atoms with van der Waals surface area (Å²) in [6, 6.07) is 7.45. The lowest BCUT2D eigenvalue weighted by atomic mass is 10.1. The summed E-state index contributed by atoms with van der Waals surface area (Å²) in [6.07, 6.45) is 4.20. The monoisotopic (exact) mass is 315 g/mol. The molecular formula is C18H21NO4. The molecule has 0 unspecified atom stereocenters. The van der Waals surface area contributed by atoms with Crippen LogP contribution in [0.1, 0.15) is 33.3 Å². The van der Waals surface area contributed by atoms with Gasteiger partial charge in [-0.15, -0.1) is 0 Å². The molecule has 0 bridgehead atoms. The second-order valence-corrected chi connectivity index (χ2v) is 6.04. The largest absolute Gasteiger partial charge is 0.463 e. The summed E-state index contributed by atoms with van der Waals surface area (Å²) in [5.74, 6) is -0.415. The van der Waals surface area contributed by atoms with E-state index in [1.54, 1.807) is 19.2 Å².